The molecule has 0 bridgehead atoms. The van der Waals surface area contributed by atoms with Crippen molar-refractivity contribution in [1.82, 2.24) is 0 Å². The van der Waals surface area contributed by atoms with E-state index in [1.54, 1.807) is 0 Å². The van der Waals surface area contributed by atoms with Gasteiger partial charge in [-0.25, -0.2) is 0 Å². The summed E-state index contributed by atoms with van der Waals surface area (Å²) in [6.07, 6.45) is 0. The molecule has 0 saturated carbocycles. The van der Waals surface area contributed by atoms with Crippen LogP contribution in [0.2, 0.25) is 0 Å². The first-order chi connectivity index (χ1) is 19.3. The van der Waals surface area contributed by atoms with Crippen LogP contribution >= 0.6 is 0 Å². The molecule has 0 fully saturated rings. The highest BCUT2D eigenvalue weighted by Gasteiger charge is 2.20. The molecular weight excluding hydrogens is 472 g/mol. The Labute approximate surface area is 225 Å². The van der Waals surface area contributed by atoms with E-state index in [1.807, 2.05) is 0 Å². The average molecular weight is 495 g/mol. The second-order valence-electron chi connectivity index (χ2n) is 10.5. The van der Waals surface area contributed by atoms with Crippen molar-refractivity contribution in [2.24, 2.45) is 0 Å². The smallest absolute Gasteiger partial charge is 0.135 e. The minimum absolute atomic E-state index is 0.912. The van der Waals surface area contributed by atoms with Gasteiger partial charge in [0, 0.05) is 10.9 Å². The van der Waals surface area contributed by atoms with Crippen LogP contribution in [0.1, 0.15) is 0 Å². The van der Waals surface area contributed by atoms with Gasteiger partial charge in [-0.2, -0.15) is 0 Å². The van der Waals surface area contributed by atoms with Gasteiger partial charge in [0.1, 0.15) is 11.5 Å². The fraction of sp³-hybridized carbons (Fsp3) is 0. The van der Waals surface area contributed by atoms with Crippen molar-refractivity contribution in [2.45, 2.75) is 0 Å². The molecule has 0 unspecified atom stereocenters. The van der Waals surface area contributed by atoms with E-state index < -0.39 is 0 Å². The zero-order valence-electron chi connectivity index (χ0n) is 21.1. The second-order valence-corrected chi connectivity index (χ2v) is 10.5. The van der Waals surface area contributed by atoms with Crippen LogP contribution in [0.3, 0.4) is 0 Å². The fourth-order valence-electron chi connectivity index (χ4n) is 6.57. The maximum absolute atomic E-state index is 6.31. The first kappa shape index (κ1) is 20.9. The summed E-state index contributed by atoms with van der Waals surface area (Å²) < 4.78 is 6.31. The van der Waals surface area contributed by atoms with Crippen molar-refractivity contribution >= 4 is 43.1 Å². The summed E-state index contributed by atoms with van der Waals surface area (Å²) in [5.41, 5.74) is 7.27. The molecule has 180 valence electrons. The van der Waals surface area contributed by atoms with Gasteiger partial charge in [-0.1, -0.05) is 115 Å². The molecule has 8 aromatic rings. The second kappa shape index (κ2) is 7.69. The topological polar surface area (TPSA) is 9.23 Å². The van der Waals surface area contributed by atoms with Crippen LogP contribution in [0, 0.1) is 0 Å². The molecule has 0 aromatic heterocycles. The number of fused-ring (bicyclic) bond motifs is 2. The summed E-state index contributed by atoms with van der Waals surface area (Å²) >= 11 is 0. The van der Waals surface area contributed by atoms with Gasteiger partial charge in [0.15, 0.2) is 0 Å². The number of ether oxygens (including phenoxy) is 1. The van der Waals surface area contributed by atoms with Gasteiger partial charge >= 0.3 is 0 Å². The standard InChI is InChI=1S/C38H22O/c1-4-26-14-15-28-16-19-30(32-20-17-27(5-1)36(26)38(28)32)24-12-10-23(11-13-24)29-18-21-34-33(22-29)31-8-2-6-25-7-3-9-35(39-34)37(25)31/h1-22H. The first-order valence-electron chi connectivity index (χ1n) is 13.4. The van der Waals surface area contributed by atoms with Crippen LogP contribution in [0.15, 0.2) is 133 Å². The highest BCUT2D eigenvalue weighted by Crippen LogP contribution is 2.47. The Balaban J connectivity index is 1.16. The maximum atomic E-state index is 6.31. The van der Waals surface area contributed by atoms with Gasteiger partial charge in [-0.05, 0) is 83.7 Å². The lowest BCUT2D eigenvalue weighted by Crippen LogP contribution is -1.97. The summed E-state index contributed by atoms with van der Waals surface area (Å²) in [7, 11) is 0. The highest BCUT2D eigenvalue weighted by molar-refractivity contribution is 6.25. The summed E-state index contributed by atoms with van der Waals surface area (Å²) in [4.78, 5) is 0. The van der Waals surface area contributed by atoms with Crippen LogP contribution in [0.25, 0.3) is 76.5 Å². The molecule has 0 amide bonds. The molecule has 1 aliphatic rings. The largest absolute Gasteiger partial charge is 0.456 e. The minimum Gasteiger partial charge on any atom is -0.456 e. The predicted molar refractivity (Wildman–Crippen MR) is 164 cm³/mol. The van der Waals surface area contributed by atoms with Gasteiger partial charge in [-0.15, -0.1) is 0 Å². The molecule has 8 aromatic carbocycles. The van der Waals surface area contributed by atoms with Crippen LogP contribution in [0.5, 0.6) is 11.5 Å². The Morgan fingerprint density at radius 3 is 1.77 bits per heavy atom. The Hall–Kier alpha value is -5.14. The number of benzene rings is 8. The predicted octanol–water partition coefficient (Wildman–Crippen LogP) is 10.8. The van der Waals surface area contributed by atoms with Crippen LogP contribution in [0.4, 0.5) is 0 Å². The van der Waals surface area contributed by atoms with Crippen molar-refractivity contribution in [3.05, 3.63) is 133 Å². The van der Waals surface area contributed by atoms with E-state index >= 15 is 0 Å². The van der Waals surface area contributed by atoms with E-state index in [-0.39, 0.29) is 0 Å². The molecule has 9 rings (SSSR count). The minimum atomic E-state index is 0.912. The molecule has 1 nitrogen and oxygen atoms in total. The zero-order chi connectivity index (χ0) is 25.5. The van der Waals surface area contributed by atoms with Crippen molar-refractivity contribution in [3.8, 4) is 44.9 Å². The summed E-state index contributed by atoms with van der Waals surface area (Å²) in [5, 5.41) is 10.3. The van der Waals surface area contributed by atoms with Crippen LogP contribution in [-0.4, -0.2) is 0 Å². The molecule has 1 heterocycles. The molecule has 0 atom stereocenters. The molecular formula is C38H22O. The third-order valence-electron chi connectivity index (χ3n) is 8.41. The molecule has 0 spiro atoms. The van der Waals surface area contributed by atoms with Crippen LogP contribution in [-0.2, 0) is 0 Å². The highest BCUT2D eigenvalue weighted by atomic mass is 16.5. The van der Waals surface area contributed by atoms with E-state index in [1.165, 1.54) is 70.9 Å². The zero-order valence-corrected chi connectivity index (χ0v) is 21.1. The number of rotatable bonds is 2. The summed E-state index contributed by atoms with van der Waals surface area (Å²) in [5.74, 6) is 1.84. The van der Waals surface area contributed by atoms with Gasteiger partial charge < -0.3 is 4.74 Å². The maximum Gasteiger partial charge on any atom is 0.135 e. The Morgan fingerprint density at radius 1 is 0.333 bits per heavy atom. The molecule has 39 heavy (non-hydrogen) atoms. The van der Waals surface area contributed by atoms with Crippen molar-refractivity contribution in [2.75, 3.05) is 0 Å². The fourth-order valence-corrected chi connectivity index (χ4v) is 6.57. The molecule has 0 radical (unpaired) electrons. The van der Waals surface area contributed by atoms with Crippen LogP contribution < -0.4 is 4.74 Å². The lowest BCUT2D eigenvalue weighted by molar-refractivity contribution is 0.487. The van der Waals surface area contributed by atoms with Crippen molar-refractivity contribution in [3.63, 3.8) is 0 Å². The third-order valence-corrected chi connectivity index (χ3v) is 8.41. The number of hydrogen-bond acceptors (Lipinski definition) is 1. The molecule has 0 N–H and O–H groups in total. The van der Waals surface area contributed by atoms with E-state index in [0.29, 0.717) is 0 Å². The van der Waals surface area contributed by atoms with E-state index in [9.17, 15) is 0 Å². The third kappa shape index (κ3) is 2.96. The first-order valence-corrected chi connectivity index (χ1v) is 13.4. The van der Waals surface area contributed by atoms with Crippen molar-refractivity contribution < 1.29 is 4.74 Å². The lowest BCUT2D eigenvalue weighted by Gasteiger charge is -2.22. The van der Waals surface area contributed by atoms with Gasteiger partial charge in [0.2, 0.25) is 0 Å². The lowest BCUT2D eigenvalue weighted by atomic mass is 9.89. The van der Waals surface area contributed by atoms with E-state index in [0.717, 1.165) is 17.1 Å². The summed E-state index contributed by atoms with van der Waals surface area (Å²) in [6.45, 7) is 0. The molecule has 0 aliphatic carbocycles. The Kier molecular flexibility index (Phi) is 4.11. The monoisotopic (exact) mass is 494 g/mol. The summed E-state index contributed by atoms with van der Waals surface area (Å²) in [6, 6.07) is 48.4. The SMILES string of the molecule is c1cc2c3c(cccc3c1)-c1cc(-c3ccc(-c4ccc5ccc6cccc7ccc4c5c67)cc3)ccc1O2. The Bertz CT molecular complexity index is 2220. The average Bonchev–Trinajstić information content (AvgIpc) is 3.00. The van der Waals surface area contributed by atoms with E-state index in [4.69, 9.17) is 4.74 Å². The molecule has 0 saturated heterocycles. The number of hydrogen-bond donors (Lipinski definition) is 0. The van der Waals surface area contributed by atoms with Gasteiger partial charge in [0.05, 0.1) is 0 Å². The molecule has 1 aliphatic heterocycles. The Morgan fingerprint density at radius 2 is 0.949 bits per heavy atom. The van der Waals surface area contributed by atoms with Gasteiger partial charge in [-0.3, -0.25) is 0 Å². The quantitative estimate of drug-likeness (QED) is 0.217. The van der Waals surface area contributed by atoms with Gasteiger partial charge in [0.25, 0.3) is 0 Å². The normalized spacial score (nSPS) is 12.3. The van der Waals surface area contributed by atoms with Crippen molar-refractivity contribution in [1.29, 1.82) is 0 Å². The molecule has 1 heteroatoms. The van der Waals surface area contributed by atoms with E-state index in [2.05, 4.69) is 133 Å².